The van der Waals surface area contributed by atoms with Gasteiger partial charge in [-0.15, -0.1) is 11.3 Å². The fraction of sp³-hybridized carbons (Fsp3) is 0.167. The smallest absolute Gasteiger partial charge is 0.251 e. The fourth-order valence-corrected chi connectivity index (χ4v) is 3.06. The van der Waals surface area contributed by atoms with Crippen molar-refractivity contribution in [1.29, 1.82) is 0 Å². The SMILES string of the molecule is CCNC(=O)c1ccc(-c2csc(Cc3ccccn3)n2)cc1. The van der Waals surface area contributed by atoms with Crippen LogP contribution in [-0.4, -0.2) is 22.4 Å². The van der Waals surface area contributed by atoms with Crippen molar-refractivity contribution in [2.24, 2.45) is 0 Å². The van der Waals surface area contributed by atoms with Gasteiger partial charge in [-0.2, -0.15) is 0 Å². The van der Waals surface area contributed by atoms with Gasteiger partial charge < -0.3 is 5.32 Å². The first-order valence-electron chi connectivity index (χ1n) is 7.49. The lowest BCUT2D eigenvalue weighted by atomic mass is 10.1. The molecule has 0 unspecified atom stereocenters. The third-order valence-electron chi connectivity index (χ3n) is 3.39. The van der Waals surface area contributed by atoms with Crippen LogP contribution < -0.4 is 5.32 Å². The quantitative estimate of drug-likeness (QED) is 0.781. The number of amides is 1. The molecule has 0 aliphatic heterocycles. The summed E-state index contributed by atoms with van der Waals surface area (Å²) in [7, 11) is 0. The molecule has 0 spiro atoms. The number of nitrogens with zero attached hydrogens (tertiary/aromatic N) is 2. The Labute approximate surface area is 139 Å². The summed E-state index contributed by atoms with van der Waals surface area (Å²) in [5, 5.41) is 5.87. The molecule has 23 heavy (non-hydrogen) atoms. The highest BCUT2D eigenvalue weighted by Gasteiger charge is 2.08. The molecule has 2 heterocycles. The summed E-state index contributed by atoms with van der Waals surface area (Å²) in [6.07, 6.45) is 2.53. The number of thiazole rings is 1. The van der Waals surface area contributed by atoms with Gasteiger partial charge in [0.15, 0.2) is 0 Å². The maximum atomic E-state index is 11.8. The highest BCUT2D eigenvalue weighted by molar-refractivity contribution is 7.10. The number of nitrogens with one attached hydrogen (secondary N) is 1. The summed E-state index contributed by atoms with van der Waals surface area (Å²) in [5.41, 5.74) is 3.63. The number of hydrogen-bond acceptors (Lipinski definition) is 4. The number of pyridine rings is 1. The molecule has 0 radical (unpaired) electrons. The van der Waals surface area contributed by atoms with E-state index in [9.17, 15) is 4.79 Å². The highest BCUT2D eigenvalue weighted by Crippen LogP contribution is 2.23. The molecule has 0 fully saturated rings. The standard InChI is InChI=1S/C18H17N3OS/c1-2-19-18(22)14-8-6-13(7-9-14)16-12-23-17(21-16)11-15-5-3-4-10-20-15/h3-10,12H,2,11H2,1H3,(H,19,22). The minimum atomic E-state index is -0.0480. The molecule has 0 saturated heterocycles. The minimum Gasteiger partial charge on any atom is -0.352 e. The molecule has 5 heteroatoms. The number of aromatic nitrogens is 2. The van der Waals surface area contributed by atoms with Gasteiger partial charge in [-0.05, 0) is 31.2 Å². The molecular weight excluding hydrogens is 306 g/mol. The predicted molar refractivity (Wildman–Crippen MR) is 92.6 cm³/mol. The van der Waals surface area contributed by atoms with Crippen LogP contribution in [0.2, 0.25) is 0 Å². The Morgan fingerprint density at radius 2 is 2.00 bits per heavy atom. The number of benzene rings is 1. The van der Waals surface area contributed by atoms with E-state index in [4.69, 9.17) is 0 Å². The van der Waals surface area contributed by atoms with Crippen molar-refractivity contribution in [3.8, 4) is 11.3 Å². The molecule has 3 aromatic rings. The Bertz CT molecular complexity index is 782. The zero-order valence-electron chi connectivity index (χ0n) is 12.8. The molecule has 0 saturated carbocycles. The molecular formula is C18H17N3OS. The second-order valence-electron chi connectivity index (χ2n) is 5.06. The van der Waals surface area contributed by atoms with Crippen molar-refractivity contribution >= 4 is 17.2 Å². The average Bonchev–Trinajstić information content (AvgIpc) is 3.05. The van der Waals surface area contributed by atoms with Crippen LogP contribution in [0.4, 0.5) is 0 Å². The molecule has 2 aromatic heterocycles. The monoisotopic (exact) mass is 323 g/mol. The number of rotatable bonds is 5. The van der Waals surface area contributed by atoms with Gasteiger partial charge in [0, 0.05) is 41.4 Å². The topological polar surface area (TPSA) is 54.9 Å². The lowest BCUT2D eigenvalue weighted by molar-refractivity contribution is 0.0956. The van der Waals surface area contributed by atoms with E-state index in [1.807, 2.05) is 54.8 Å². The minimum absolute atomic E-state index is 0.0480. The van der Waals surface area contributed by atoms with E-state index in [1.54, 1.807) is 17.5 Å². The van der Waals surface area contributed by atoms with Gasteiger partial charge >= 0.3 is 0 Å². The first-order valence-corrected chi connectivity index (χ1v) is 8.37. The van der Waals surface area contributed by atoms with Crippen LogP contribution in [0.1, 0.15) is 28.0 Å². The van der Waals surface area contributed by atoms with E-state index < -0.39 is 0 Å². The maximum absolute atomic E-state index is 11.8. The molecule has 1 amide bonds. The zero-order valence-corrected chi connectivity index (χ0v) is 13.6. The van der Waals surface area contributed by atoms with E-state index in [0.717, 1.165) is 28.4 Å². The molecule has 0 aliphatic carbocycles. The van der Waals surface area contributed by atoms with E-state index >= 15 is 0 Å². The van der Waals surface area contributed by atoms with Crippen molar-refractivity contribution in [1.82, 2.24) is 15.3 Å². The van der Waals surface area contributed by atoms with E-state index in [1.165, 1.54) is 0 Å². The molecule has 3 rings (SSSR count). The summed E-state index contributed by atoms with van der Waals surface area (Å²) < 4.78 is 0. The predicted octanol–water partition coefficient (Wildman–Crippen LogP) is 3.55. The second kappa shape index (κ2) is 7.15. The Hall–Kier alpha value is -2.53. The number of carbonyl (C=O) groups is 1. The third kappa shape index (κ3) is 3.81. The number of hydrogen-bond donors (Lipinski definition) is 1. The Morgan fingerprint density at radius 3 is 2.70 bits per heavy atom. The van der Waals surface area contributed by atoms with Crippen molar-refractivity contribution in [3.05, 3.63) is 70.3 Å². The van der Waals surface area contributed by atoms with Gasteiger partial charge in [-0.1, -0.05) is 18.2 Å². The van der Waals surface area contributed by atoms with Crippen LogP contribution in [0.3, 0.4) is 0 Å². The summed E-state index contributed by atoms with van der Waals surface area (Å²) >= 11 is 1.63. The van der Waals surface area contributed by atoms with Crippen molar-refractivity contribution in [2.75, 3.05) is 6.54 Å². The average molecular weight is 323 g/mol. The Morgan fingerprint density at radius 1 is 1.17 bits per heavy atom. The van der Waals surface area contributed by atoms with Crippen LogP contribution in [0, 0.1) is 0 Å². The summed E-state index contributed by atoms with van der Waals surface area (Å²) in [5.74, 6) is -0.0480. The van der Waals surface area contributed by atoms with E-state index in [0.29, 0.717) is 12.1 Å². The van der Waals surface area contributed by atoms with E-state index in [-0.39, 0.29) is 5.91 Å². The van der Waals surface area contributed by atoms with Crippen LogP contribution in [0.15, 0.2) is 54.0 Å². The second-order valence-corrected chi connectivity index (χ2v) is 6.00. The molecule has 0 aliphatic rings. The Kier molecular flexibility index (Phi) is 4.78. The largest absolute Gasteiger partial charge is 0.352 e. The molecule has 4 nitrogen and oxygen atoms in total. The molecule has 116 valence electrons. The van der Waals surface area contributed by atoms with Gasteiger partial charge in [-0.3, -0.25) is 9.78 Å². The first-order chi connectivity index (χ1) is 11.3. The normalized spacial score (nSPS) is 10.5. The lowest BCUT2D eigenvalue weighted by Crippen LogP contribution is -2.22. The third-order valence-corrected chi connectivity index (χ3v) is 4.24. The lowest BCUT2D eigenvalue weighted by Gasteiger charge is -2.03. The molecule has 0 atom stereocenters. The van der Waals surface area contributed by atoms with Crippen molar-refractivity contribution in [3.63, 3.8) is 0 Å². The molecule has 1 N–H and O–H groups in total. The Balaban J connectivity index is 1.74. The molecule has 0 bridgehead atoms. The van der Waals surface area contributed by atoms with Crippen LogP contribution in [0.5, 0.6) is 0 Å². The molecule has 1 aromatic carbocycles. The maximum Gasteiger partial charge on any atom is 0.251 e. The summed E-state index contributed by atoms with van der Waals surface area (Å²) in [6.45, 7) is 2.54. The summed E-state index contributed by atoms with van der Waals surface area (Å²) in [6, 6.07) is 13.4. The van der Waals surface area contributed by atoms with Gasteiger partial charge in [0.2, 0.25) is 0 Å². The number of carbonyl (C=O) groups excluding carboxylic acids is 1. The van der Waals surface area contributed by atoms with Gasteiger partial charge in [0.25, 0.3) is 5.91 Å². The zero-order chi connectivity index (χ0) is 16.1. The fourth-order valence-electron chi connectivity index (χ4n) is 2.24. The summed E-state index contributed by atoms with van der Waals surface area (Å²) in [4.78, 5) is 20.8. The van der Waals surface area contributed by atoms with E-state index in [2.05, 4.69) is 15.3 Å². The van der Waals surface area contributed by atoms with Crippen molar-refractivity contribution in [2.45, 2.75) is 13.3 Å². The van der Waals surface area contributed by atoms with Crippen molar-refractivity contribution < 1.29 is 4.79 Å². The van der Waals surface area contributed by atoms with Gasteiger partial charge in [0.1, 0.15) is 0 Å². The van der Waals surface area contributed by atoms with Crippen LogP contribution in [0.25, 0.3) is 11.3 Å². The van der Waals surface area contributed by atoms with Crippen LogP contribution >= 0.6 is 11.3 Å². The van der Waals surface area contributed by atoms with Gasteiger partial charge in [-0.25, -0.2) is 4.98 Å². The first kappa shape index (κ1) is 15.4. The van der Waals surface area contributed by atoms with Crippen LogP contribution in [-0.2, 0) is 6.42 Å². The highest BCUT2D eigenvalue weighted by atomic mass is 32.1. The van der Waals surface area contributed by atoms with Gasteiger partial charge in [0.05, 0.1) is 10.7 Å².